The van der Waals surface area contributed by atoms with Crippen molar-refractivity contribution in [1.82, 2.24) is 0 Å². The predicted molar refractivity (Wildman–Crippen MR) is 57.1 cm³/mol. The van der Waals surface area contributed by atoms with Gasteiger partial charge in [0, 0.05) is 17.0 Å². The maximum Gasteiger partial charge on any atom is 0.179 e. The lowest BCUT2D eigenvalue weighted by atomic mass is 9.96. The van der Waals surface area contributed by atoms with Gasteiger partial charge in [0.05, 0.1) is 11.7 Å². The number of oxime groups is 1. The SMILES string of the molecule is C[C@]1(C(=O)[O-])CC(c2ccccc2Cl)=NO1. The highest BCUT2D eigenvalue weighted by molar-refractivity contribution is 6.34. The molecule has 1 aromatic carbocycles. The topological polar surface area (TPSA) is 61.7 Å². The van der Waals surface area contributed by atoms with Crippen LogP contribution in [0.4, 0.5) is 0 Å². The molecule has 5 heteroatoms. The molecule has 1 atom stereocenters. The number of carboxylic acids is 1. The molecular formula is C11H9ClNO3-. The van der Waals surface area contributed by atoms with Crippen LogP contribution in [-0.4, -0.2) is 17.3 Å². The monoisotopic (exact) mass is 238 g/mol. The fourth-order valence-corrected chi connectivity index (χ4v) is 1.73. The first-order valence-corrected chi connectivity index (χ1v) is 5.12. The van der Waals surface area contributed by atoms with Crippen molar-refractivity contribution in [2.24, 2.45) is 5.16 Å². The summed E-state index contributed by atoms with van der Waals surface area (Å²) in [4.78, 5) is 15.7. The van der Waals surface area contributed by atoms with Crippen molar-refractivity contribution in [3.63, 3.8) is 0 Å². The third-order valence-corrected chi connectivity index (χ3v) is 2.81. The zero-order chi connectivity index (χ0) is 11.8. The van der Waals surface area contributed by atoms with Gasteiger partial charge in [0.1, 0.15) is 0 Å². The fraction of sp³-hybridized carbons (Fsp3) is 0.273. The van der Waals surface area contributed by atoms with Crippen LogP contribution in [0.15, 0.2) is 29.4 Å². The van der Waals surface area contributed by atoms with Gasteiger partial charge < -0.3 is 14.7 Å². The quantitative estimate of drug-likeness (QED) is 0.771. The van der Waals surface area contributed by atoms with Crippen LogP contribution in [0.2, 0.25) is 5.02 Å². The van der Waals surface area contributed by atoms with Gasteiger partial charge in [-0.05, 0) is 13.0 Å². The molecule has 0 saturated carbocycles. The van der Waals surface area contributed by atoms with Gasteiger partial charge in [-0.15, -0.1) is 0 Å². The van der Waals surface area contributed by atoms with Crippen molar-refractivity contribution < 1.29 is 14.7 Å². The van der Waals surface area contributed by atoms with Gasteiger partial charge in [-0.25, -0.2) is 0 Å². The van der Waals surface area contributed by atoms with E-state index in [1.165, 1.54) is 6.92 Å². The third kappa shape index (κ3) is 1.76. The Morgan fingerprint density at radius 3 is 2.81 bits per heavy atom. The lowest BCUT2D eigenvalue weighted by Gasteiger charge is -2.21. The molecule has 0 amide bonds. The van der Waals surface area contributed by atoms with E-state index in [2.05, 4.69) is 5.16 Å². The van der Waals surface area contributed by atoms with E-state index < -0.39 is 11.6 Å². The largest absolute Gasteiger partial charge is 0.546 e. The second-order valence-electron chi connectivity index (χ2n) is 3.80. The first-order chi connectivity index (χ1) is 7.53. The summed E-state index contributed by atoms with van der Waals surface area (Å²) in [5.41, 5.74) is -0.180. The number of carbonyl (C=O) groups excluding carboxylic acids is 1. The Balaban J connectivity index is 2.28. The Bertz CT molecular complexity index is 472. The minimum atomic E-state index is -1.39. The van der Waals surface area contributed by atoms with E-state index in [1.807, 2.05) is 0 Å². The van der Waals surface area contributed by atoms with E-state index in [4.69, 9.17) is 16.4 Å². The number of hydrogen-bond acceptors (Lipinski definition) is 4. The fourth-order valence-electron chi connectivity index (χ4n) is 1.49. The van der Waals surface area contributed by atoms with Crippen molar-refractivity contribution in [2.45, 2.75) is 18.9 Å². The highest BCUT2D eigenvalue weighted by atomic mass is 35.5. The summed E-state index contributed by atoms with van der Waals surface area (Å²) in [7, 11) is 0. The van der Waals surface area contributed by atoms with E-state index in [-0.39, 0.29) is 6.42 Å². The van der Waals surface area contributed by atoms with Crippen LogP contribution in [0.3, 0.4) is 0 Å². The average Bonchev–Trinajstić information content (AvgIpc) is 2.63. The maximum atomic E-state index is 10.8. The maximum absolute atomic E-state index is 10.8. The van der Waals surface area contributed by atoms with Gasteiger partial charge in [0.25, 0.3) is 0 Å². The molecule has 1 aliphatic heterocycles. The molecule has 1 aromatic rings. The Hall–Kier alpha value is -1.55. The van der Waals surface area contributed by atoms with Crippen LogP contribution in [0.5, 0.6) is 0 Å². The number of rotatable bonds is 2. The van der Waals surface area contributed by atoms with E-state index in [0.717, 1.165) is 0 Å². The lowest BCUT2D eigenvalue weighted by Crippen LogP contribution is -2.46. The van der Waals surface area contributed by atoms with Crippen LogP contribution < -0.4 is 5.11 Å². The molecule has 16 heavy (non-hydrogen) atoms. The predicted octanol–water partition coefficient (Wildman–Crippen LogP) is 0.973. The van der Waals surface area contributed by atoms with Gasteiger partial charge in [0.15, 0.2) is 5.60 Å². The number of benzene rings is 1. The molecule has 0 aliphatic carbocycles. The van der Waals surface area contributed by atoms with E-state index >= 15 is 0 Å². The minimum absolute atomic E-state index is 0.152. The minimum Gasteiger partial charge on any atom is -0.546 e. The van der Waals surface area contributed by atoms with E-state index in [9.17, 15) is 9.90 Å². The van der Waals surface area contributed by atoms with Crippen molar-refractivity contribution in [3.05, 3.63) is 34.9 Å². The Morgan fingerprint density at radius 1 is 1.56 bits per heavy atom. The number of nitrogens with zero attached hydrogens (tertiary/aromatic N) is 1. The van der Waals surface area contributed by atoms with Crippen LogP contribution in [0, 0.1) is 0 Å². The second kappa shape index (κ2) is 3.79. The number of carboxylic acid groups (broad SMARTS) is 1. The van der Waals surface area contributed by atoms with Gasteiger partial charge in [-0.1, -0.05) is 35.0 Å². The first kappa shape index (κ1) is 11.0. The summed E-state index contributed by atoms with van der Waals surface area (Å²) in [6, 6.07) is 7.08. The van der Waals surface area contributed by atoms with Crippen LogP contribution in [0.1, 0.15) is 18.9 Å². The molecule has 0 N–H and O–H groups in total. The zero-order valence-electron chi connectivity index (χ0n) is 8.57. The average molecular weight is 239 g/mol. The molecular weight excluding hydrogens is 230 g/mol. The zero-order valence-corrected chi connectivity index (χ0v) is 9.32. The molecule has 1 aliphatic rings. The highest BCUT2D eigenvalue weighted by Gasteiger charge is 2.36. The van der Waals surface area contributed by atoms with Crippen LogP contribution in [0.25, 0.3) is 0 Å². The molecule has 4 nitrogen and oxygen atoms in total. The van der Waals surface area contributed by atoms with E-state index in [1.54, 1.807) is 24.3 Å². The molecule has 0 fully saturated rings. The summed E-state index contributed by atoms with van der Waals surface area (Å²) in [6.07, 6.45) is 0.152. The number of hydrogen-bond donors (Lipinski definition) is 0. The molecule has 0 aromatic heterocycles. The molecule has 1 heterocycles. The van der Waals surface area contributed by atoms with E-state index in [0.29, 0.717) is 16.3 Å². The second-order valence-corrected chi connectivity index (χ2v) is 4.21. The summed E-state index contributed by atoms with van der Waals surface area (Å²) >= 11 is 5.98. The number of aliphatic carboxylic acids is 1. The van der Waals surface area contributed by atoms with Crippen LogP contribution >= 0.6 is 11.6 Å². The summed E-state index contributed by atoms with van der Waals surface area (Å²) in [5.74, 6) is -1.28. The van der Waals surface area contributed by atoms with Crippen molar-refractivity contribution in [1.29, 1.82) is 0 Å². The highest BCUT2D eigenvalue weighted by Crippen LogP contribution is 2.28. The first-order valence-electron chi connectivity index (χ1n) is 4.74. The summed E-state index contributed by atoms with van der Waals surface area (Å²) in [5, 5.41) is 15.1. The number of carbonyl (C=O) groups is 1. The molecule has 84 valence electrons. The van der Waals surface area contributed by atoms with Gasteiger partial charge in [-0.2, -0.15) is 0 Å². The third-order valence-electron chi connectivity index (χ3n) is 2.48. The molecule has 0 bridgehead atoms. The number of halogens is 1. The molecule has 0 unspecified atom stereocenters. The van der Waals surface area contributed by atoms with Crippen molar-refractivity contribution in [3.8, 4) is 0 Å². The Kier molecular flexibility index (Phi) is 2.59. The molecule has 0 spiro atoms. The van der Waals surface area contributed by atoms with Crippen LogP contribution in [-0.2, 0) is 9.63 Å². The Morgan fingerprint density at radius 2 is 2.25 bits per heavy atom. The van der Waals surface area contributed by atoms with Crippen molar-refractivity contribution in [2.75, 3.05) is 0 Å². The van der Waals surface area contributed by atoms with Gasteiger partial charge in [-0.3, -0.25) is 0 Å². The van der Waals surface area contributed by atoms with Crippen molar-refractivity contribution >= 4 is 23.3 Å². The Labute approximate surface area is 97.5 Å². The molecule has 0 radical (unpaired) electrons. The standard InChI is InChI=1S/C11H10ClNO3/c1-11(10(14)15)6-9(13-16-11)7-4-2-3-5-8(7)12/h2-5H,6H2,1H3,(H,14,15)/p-1/t11-/m1/s1. The smallest absolute Gasteiger partial charge is 0.179 e. The van der Waals surface area contributed by atoms with Gasteiger partial charge in [0.2, 0.25) is 0 Å². The lowest BCUT2D eigenvalue weighted by molar-refractivity contribution is -0.324. The molecule has 2 rings (SSSR count). The summed E-state index contributed by atoms with van der Waals surface area (Å²) < 4.78 is 0. The summed E-state index contributed by atoms with van der Waals surface area (Å²) in [6.45, 7) is 1.43. The van der Waals surface area contributed by atoms with Gasteiger partial charge >= 0.3 is 0 Å². The normalized spacial score (nSPS) is 23.8. The molecule has 0 saturated heterocycles.